The molecule has 1 fully saturated rings. The molecule has 2 aromatic carbocycles. The van der Waals surface area contributed by atoms with Crippen LogP contribution in [0.1, 0.15) is 41.0 Å². The van der Waals surface area contributed by atoms with E-state index in [1.807, 2.05) is 25.1 Å². The number of nitrogens with two attached hydrogens (primary N) is 1. The van der Waals surface area contributed by atoms with Crippen LogP contribution in [0.15, 0.2) is 42.5 Å². The van der Waals surface area contributed by atoms with Crippen LogP contribution >= 0.6 is 0 Å². The highest BCUT2D eigenvalue weighted by atomic mass is 19.1. The highest BCUT2D eigenvalue weighted by Gasteiger charge is 2.29. The molecule has 1 aliphatic heterocycles. The zero-order valence-corrected chi connectivity index (χ0v) is 16.3. The maximum atomic E-state index is 14.5. The number of carbonyl (C=O) groups excluding carboxylic acids is 1. The molecular formula is C22H24FN5O. The number of nitrogens with zero attached hydrogens (tertiary/aromatic N) is 2. The lowest BCUT2D eigenvalue weighted by atomic mass is 9.85. The molecule has 3 aromatic rings. The number of fused-ring (bicyclic) bond motifs is 1. The zero-order chi connectivity index (χ0) is 20.4. The maximum absolute atomic E-state index is 14.5. The smallest absolute Gasteiger partial charge is 0.250 e. The van der Waals surface area contributed by atoms with Crippen LogP contribution in [0, 0.1) is 5.82 Å². The van der Waals surface area contributed by atoms with Crippen molar-refractivity contribution in [1.29, 1.82) is 0 Å². The largest absolute Gasteiger partial charge is 0.366 e. The van der Waals surface area contributed by atoms with Crippen molar-refractivity contribution in [3.05, 3.63) is 65.2 Å². The van der Waals surface area contributed by atoms with Gasteiger partial charge in [-0.1, -0.05) is 31.2 Å². The first-order chi connectivity index (χ1) is 14.1. The van der Waals surface area contributed by atoms with Gasteiger partial charge in [-0.3, -0.25) is 4.79 Å². The predicted octanol–water partition coefficient (Wildman–Crippen LogP) is 2.99. The van der Waals surface area contributed by atoms with Gasteiger partial charge in [0.1, 0.15) is 17.5 Å². The van der Waals surface area contributed by atoms with Crippen LogP contribution in [0.4, 0.5) is 10.2 Å². The summed E-state index contributed by atoms with van der Waals surface area (Å²) in [5.74, 6) is 0.562. The van der Waals surface area contributed by atoms with Crippen molar-refractivity contribution in [2.24, 2.45) is 5.73 Å². The molecule has 0 saturated carbocycles. The Kier molecular flexibility index (Phi) is 5.40. The van der Waals surface area contributed by atoms with Crippen molar-refractivity contribution < 1.29 is 9.18 Å². The number of nitrogens with one attached hydrogen (secondary N) is 2. The zero-order valence-electron chi connectivity index (χ0n) is 16.3. The van der Waals surface area contributed by atoms with Gasteiger partial charge in [0.15, 0.2) is 0 Å². The molecule has 0 spiro atoms. The number of para-hydroxylation sites is 1. The average Bonchev–Trinajstić information content (AvgIpc) is 2.74. The van der Waals surface area contributed by atoms with Gasteiger partial charge in [-0.25, -0.2) is 14.4 Å². The van der Waals surface area contributed by atoms with Gasteiger partial charge in [0.05, 0.1) is 11.1 Å². The maximum Gasteiger partial charge on any atom is 0.250 e. The van der Waals surface area contributed by atoms with E-state index in [0.717, 1.165) is 18.4 Å². The third kappa shape index (κ3) is 3.78. The average molecular weight is 393 g/mol. The summed E-state index contributed by atoms with van der Waals surface area (Å²) < 4.78 is 14.5. The minimum atomic E-state index is -0.522. The molecule has 6 nitrogen and oxygen atoms in total. The molecule has 1 saturated heterocycles. The number of carbonyl (C=O) groups is 1. The van der Waals surface area contributed by atoms with Gasteiger partial charge >= 0.3 is 0 Å². The molecule has 0 radical (unpaired) electrons. The highest BCUT2D eigenvalue weighted by molar-refractivity contribution is 6.07. The van der Waals surface area contributed by atoms with Crippen LogP contribution in [0.25, 0.3) is 10.9 Å². The Morgan fingerprint density at radius 1 is 1.24 bits per heavy atom. The second kappa shape index (κ2) is 8.13. The van der Waals surface area contributed by atoms with Crippen LogP contribution in [-0.4, -0.2) is 35.0 Å². The van der Waals surface area contributed by atoms with E-state index < -0.39 is 5.91 Å². The van der Waals surface area contributed by atoms with Crippen LogP contribution < -0.4 is 16.4 Å². The molecule has 2 atom stereocenters. The van der Waals surface area contributed by atoms with Gasteiger partial charge < -0.3 is 16.4 Å². The number of rotatable bonds is 5. The Morgan fingerprint density at radius 2 is 2.07 bits per heavy atom. The molecule has 1 aromatic heterocycles. The monoisotopic (exact) mass is 393 g/mol. The van der Waals surface area contributed by atoms with Crippen molar-refractivity contribution in [2.75, 3.05) is 18.4 Å². The molecule has 7 heteroatoms. The molecule has 0 bridgehead atoms. The van der Waals surface area contributed by atoms with Gasteiger partial charge in [0, 0.05) is 30.3 Å². The summed E-state index contributed by atoms with van der Waals surface area (Å²) in [6.07, 6.45) is 1.44. The fourth-order valence-electron chi connectivity index (χ4n) is 4.00. The van der Waals surface area contributed by atoms with E-state index in [9.17, 15) is 9.18 Å². The normalized spacial score (nSPS) is 19.2. The highest BCUT2D eigenvalue weighted by Crippen LogP contribution is 2.31. The topological polar surface area (TPSA) is 92.9 Å². The molecule has 4 N–H and O–H groups in total. The number of primary amides is 1. The molecule has 150 valence electrons. The van der Waals surface area contributed by atoms with E-state index >= 15 is 0 Å². The van der Waals surface area contributed by atoms with E-state index in [1.165, 1.54) is 6.07 Å². The third-order valence-electron chi connectivity index (χ3n) is 5.46. The summed E-state index contributed by atoms with van der Waals surface area (Å²) in [5.41, 5.74) is 7.17. The number of benzene rings is 2. The first-order valence-electron chi connectivity index (χ1n) is 9.89. The number of aromatic nitrogens is 2. The molecule has 0 unspecified atom stereocenters. The van der Waals surface area contributed by atoms with Gasteiger partial charge in [0.2, 0.25) is 0 Å². The summed E-state index contributed by atoms with van der Waals surface area (Å²) in [5, 5.41) is 7.62. The molecule has 2 heterocycles. The van der Waals surface area contributed by atoms with E-state index in [-0.39, 0.29) is 17.8 Å². The lowest BCUT2D eigenvalue weighted by Crippen LogP contribution is -2.44. The number of aryl methyl sites for hydroxylation is 1. The van der Waals surface area contributed by atoms with Crippen molar-refractivity contribution in [2.45, 2.75) is 31.7 Å². The molecule has 1 aliphatic rings. The summed E-state index contributed by atoms with van der Waals surface area (Å²) in [6, 6.07) is 12.2. The Balaban J connectivity index is 1.77. The van der Waals surface area contributed by atoms with Gasteiger partial charge in [-0.15, -0.1) is 0 Å². The molecule has 1 amide bonds. The van der Waals surface area contributed by atoms with Crippen LogP contribution in [-0.2, 0) is 6.42 Å². The number of piperidine rings is 1. The van der Waals surface area contributed by atoms with Crippen molar-refractivity contribution >= 4 is 22.6 Å². The number of halogens is 1. The van der Waals surface area contributed by atoms with E-state index in [2.05, 4.69) is 20.6 Å². The number of amides is 1. The summed E-state index contributed by atoms with van der Waals surface area (Å²) in [4.78, 5) is 21.1. The quantitative estimate of drug-likeness (QED) is 0.620. The van der Waals surface area contributed by atoms with Crippen molar-refractivity contribution in [1.82, 2.24) is 15.3 Å². The van der Waals surface area contributed by atoms with Gasteiger partial charge in [-0.2, -0.15) is 0 Å². The van der Waals surface area contributed by atoms with Crippen LogP contribution in [0.2, 0.25) is 0 Å². The Hall–Kier alpha value is -3.06. The van der Waals surface area contributed by atoms with E-state index in [4.69, 9.17) is 5.73 Å². The third-order valence-corrected chi connectivity index (χ3v) is 5.46. The minimum absolute atomic E-state index is 0.00636. The van der Waals surface area contributed by atoms with Crippen molar-refractivity contribution in [3.63, 3.8) is 0 Å². The number of hydrogen-bond acceptors (Lipinski definition) is 5. The van der Waals surface area contributed by atoms with Gasteiger partial charge in [0.25, 0.3) is 5.91 Å². The number of anilines is 1. The fraction of sp³-hybridized carbons (Fsp3) is 0.318. The van der Waals surface area contributed by atoms with Crippen LogP contribution in [0.3, 0.4) is 0 Å². The van der Waals surface area contributed by atoms with Gasteiger partial charge in [-0.05, 0) is 36.7 Å². The van der Waals surface area contributed by atoms with E-state index in [0.29, 0.717) is 41.3 Å². The van der Waals surface area contributed by atoms with Crippen LogP contribution in [0.5, 0.6) is 0 Å². The first kappa shape index (κ1) is 19.3. The molecular weight excluding hydrogens is 369 g/mol. The van der Waals surface area contributed by atoms with E-state index in [1.54, 1.807) is 18.2 Å². The molecule has 29 heavy (non-hydrogen) atoms. The Labute approximate surface area is 168 Å². The molecule has 4 rings (SSSR count). The summed E-state index contributed by atoms with van der Waals surface area (Å²) in [7, 11) is 0. The Bertz CT molecular complexity index is 1050. The second-order valence-electron chi connectivity index (χ2n) is 7.28. The fourth-order valence-corrected chi connectivity index (χ4v) is 4.00. The number of hydrogen-bond donors (Lipinski definition) is 3. The lowest BCUT2D eigenvalue weighted by Gasteiger charge is -2.34. The summed E-state index contributed by atoms with van der Waals surface area (Å²) in [6.45, 7) is 3.47. The lowest BCUT2D eigenvalue weighted by molar-refractivity contribution is 0.100. The SMILES string of the molecule is CCc1nc(N[C@H]2CNCC[C@@H]2c2ccccc2F)c2cccc(C(N)=O)c2n1. The molecule has 0 aliphatic carbocycles. The van der Waals surface area contributed by atoms with Crippen molar-refractivity contribution in [3.8, 4) is 0 Å². The minimum Gasteiger partial charge on any atom is -0.366 e. The first-order valence-corrected chi connectivity index (χ1v) is 9.89. The summed E-state index contributed by atoms with van der Waals surface area (Å²) >= 11 is 0. The standard InChI is InChI=1S/C22H24FN5O/c1-2-19-27-20-15(21(24)29)7-5-8-16(20)22(28-19)26-18-12-25-11-10-14(18)13-6-3-4-9-17(13)23/h3-9,14,18,25H,2,10-12H2,1H3,(H2,24,29)(H,26,27,28)/t14-,18+/m1/s1. The Morgan fingerprint density at radius 3 is 2.83 bits per heavy atom. The predicted molar refractivity (Wildman–Crippen MR) is 111 cm³/mol. The second-order valence-corrected chi connectivity index (χ2v) is 7.28.